The second-order valence-electron chi connectivity index (χ2n) is 4.41. The molecule has 114 valence electrons. The molecule has 0 saturated heterocycles. The summed E-state index contributed by atoms with van der Waals surface area (Å²) in [5, 5.41) is 0. The summed E-state index contributed by atoms with van der Waals surface area (Å²) in [5.41, 5.74) is 1.81. The fourth-order valence-corrected chi connectivity index (χ4v) is 1.80. The van der Waals surface area contributed by atoms with E-state index < -0.39 is 0 Å². The number of ether oxygens (including phenoxy) is 2. The van der Waals surface area contributed by atoms with Crippen molar-refractivity contribution in [1.82, 2.24) is 0 Å². The summed E-state index contributed by atoms with van der Waals surface area (Å²) < 4.78 is 35.2. The zero-order valence-corrected chi connectivity index (χ0v) is 12.7. The van der Waals surface area contributed by atoms with Crippen LogP contribution in [0.4, 0.5) is 8.78 Å². The van der Waals surface area contributed by atoms with Gasteiger partial charge in [0.15, 0.2) is 23.1 Å². The third-order valence-electron chi connectivity index (χ3n) is 2.99. The lowest BCUT2D eigenvalue weighted by Gasteiger charge is -2.03. The fourth-order valence-electron chi connectivity index (χ4n) is 1.80. The number of hydrogen-bond acceptors (Lipinski definition) is 2. The molecule has 0 aromatic heterocycles. The molecule has 0 N–H and O–H groups in total. The van der Waals surface area contributed by atoms with E-state index in [0.717, 1.165) is 17.5 Å². The molecule has 2 nitrogen and oxygen atoms in total. The monoisotopic (exact) mass is 294 g/mol. The lowest BCUT2D eigenvalue weighted by molar-refractivity contribution is 0.383. The van der Waals surface area contributed by atoms with Gasteiger partial charge in [0.1, 0.15) is 0 Å². The van der Waals surface area contributed by atoms with Crippen molar-refractivity contribution in [1.29, 1.82) is 0 Å². The summed E-state index contributed by atoms with van der Waals surface area (Å²) in [4.78, 5) is 0. The van der Waals surface area contributed by atoms with Crippen LogP contribution in [0.5, 0.6) is 11.5 Å². The average molecular weight is 294 g/mol. The van der Waals surface area contributed by atoms with Gasteiger partial charge in [-0.25, -0.2) is 8.78 Å². The summed E-state index contributed by atoms with van der Waals surface area (Å²) in [7, 11) is 2.93. The first-order chi connectivity index (χ1) is 10.0. The van der Waals surface area contributed by atoms with E-state index in [9.17, 15) is 8.78 Å². The molecular weight excluding hydrogens is 274 g/mol. The van der Waals surface area contributed by atoms with Crippen LogP contribution in [0.3, 0.4) is 0 Å². The number of rotatable bonds is 3. The van der Waals surface area contributed by atoms with Gasteiger partial charge in [-0.15, -0.1) is 0 Å². The van der Waals surface area contributed by atoms with Gasteiger partial charge in [-0.1, -0.05) is 25.1 Å². The molecule has 0 spiro atoms. The second kappa shape index (κ2) is 8.25. The Morgan fingerprint density at radius 3 is 2.10 bits per heavy atom. The van der Waals surface area contributed by atoms with Crippen molar-refractivity contribution >= 4 is 0 Å². The van der Waals surface area contributed by atoms with E-state index >= 15 is 0 Å². The molecular formula is C17H20F2O2. The summed E-state index contributed by atoms with van der Waals surface area (Å²) >= 11 is 0. The molecule has 0 aliphatic carbocycles. The van der Waals surface area contributed by atoms with E-state index in [0.29, 0.717) is 11.5 Å². The number of benzene rings is 2. The van der Waals surface area contributed by atoms with Crippen molar-refractivity contribution in [3.63, 3.8) is 0 Å². The number of halogens is 2. The highest BCUT2D eigenvalue weighted by Gasteiger charge is 2.02. The average Bonchev–Trinajstić information content (AvgIpc) is 2.48. The Kier molecular flexibility index (Phi) is 6.66. The van der Waals surface area contributed by atoms with Crippen LogP contribution in [0.25, 0.3) is 0 Å². The van der Waals surface area contributed by atoms with Crippen LogP contribution in [0.15, 0.2) is 36.4 Å². The molecule has 0 aliphatic heterocycles. The van der Waals surface area contributed by atoms with Gasteiger partial charge in [0.25, 0.3) is 0 Å². The van der Waals surface area contributed by atoms with Crippen LogP contribution in [0.1, 0.15) is 18.1 Å². The zero-order chi connectivity index (χ0) is 15.8. The third kappa shape index (κ3) is 4.74. The fraction of sp³-hybridized carbons (Fsp3) is 0.294. The number of aryl methyl sites for hydroxylation is 2. The minimum Gasteiger partial charge on any atom is -0.494 e. The summed E-state index contributed by atoms with van der Waals surface area (Å²) in [6.07, 6.45) is 0.848. The van der Waals surface area contributed by atoms with Gasteiger partial charge in [-0.05, 0) is 42.7 Å². The van der Waals surface area contributed by atoms with E-state index in [1.807, 2.05) is 26.0 Å². The van der Waals surface area contributed by atoms with Gasteiger partial charge < -0.3 is 9.47 Å². The highest BCUT2D eigenvalue weighted by molar-refractivity contribution is 5.33. The molecule has 0 bridgehead atoms. The largest absolute Gasteiger partial charge is 0.494 e. The molecule has 2 aromatic carbocycles. The van der Waals surface area contributed by atoms with Crippen molar-refractivity contribution in [2.45, 2.75) is 20.3 Å². The Morgan fingerprint density at radius 1 is 0.952 bits per heavy atom. The van der Waals surface area contributed by atoms with Crippen molar-refractivity contribution in [2.75, 3.05) is 14.2 Å². The van der Waals surface area contributed by atoms with E-state index in [1.54, 1.807) is 12.1 Å². The van der Waals surface area contributed by atoms with E-state index in [2.05, 4.69) is 0 Å². The Bertz CT molecular complexity index is 563. The molecule has 0 radical (unpaired) electrons. The van der Waals surface area contributed by atoms with Crippen LogP contribution in [0, 0.1) is 18.6 Å². The lowest BCUT2D eigenvalue weighted by Crippen LogP contribution is -1.89. The van der Waals surface area contributed by atoms with Gasteiger partial charge in [0, 0.05) is 0 Å². The maximum Gasteiger partial charge on any atom is 0.165 e. The van der Waals surface area contributed by atoms with Crippen LogP contribution in [-0.2, 0) is 6.42 Å². The quantitative estimate of drug-likeness (QED) is 0.827. The molecule has 4 heteroatoms. The summed E-state index contributed by atoms with van der Waals surface area (Å²) in [5.74, 6) is 0.0547. The SMILES string of the molecule is CCc1ccc(OC)c(F)c1.COc1c(C)cccc1F. The topological polar surface area (TPSA) is 18.5 Å². The first-order valence-electron chi connectivity index (χ1n) is 6.65. The number of methoxy groups -OCH3 is 2. The highest BCUT2D eigenvalue weighted by atomic mass is 19.1. The van der Waals surface area contributed by atoms with E-state index in [1.165, 1.54) is 26.4 Å². The maximum atomic E-state index is 12.9. The van der Waals surface area contributed by atoms with Crippen molar-refractivity contribution in [2.24, 2.45) is 0 Å². The normalized spacial score (nSPS) is 9.62. The standard InChI is InChI=1S/C9H11FO.C8H9FO/c1-3-7-4-5-9(11-2)8(10)6-7;1-6-4-3-5-7(9)8(6)10-2/h4-6H,3H2,1-2H3;3-5H,1-2H3. The molecule has 21 heavy (non-hydrogen) atoms. The molecule has 0 aliphatic rings. The first kappa shape index (κ1) is 17.0. The van der Waals surface area contributed by atoms with Crippen LogP contribution in [0.2, 0.25) is 0 Å². The Morgan fingerprint density at radius 2 is 1.67 bits per heavy atom. The van der Waals surface area contributed by atoms with Crippen molar-refractivity contribution in [3.05, 3.63) is 59.2 Å². The third-order valence-corrected chi connectivity index (χ3v) is 2.99. The predicted octanol–water partition coefficient (Wildman–Crippen LogP) is 4.54. The Balaban J connectivity index is 0.000000211. The summed E-state index contributed by atoms with van der Waals surface area (Å²) in [6, 6.07) is 9.86. The van der Waals surface area contributed by atoms with E-state index in [4.69, 9.17) is 9.47 Å². The van der Waals surface area contributed by atoms with Gasteiger partial charge in [0.05, 0.1) is 14.2 Å². The van der Waals surface area contributed by atoms with Crippen LogP contribution in [-0.4, -0.2) is 14.2 Å². The van der Waals surface area contributed by atoms with Gasteiger partial charge in [-0.3, -0.25) is 0 Å². The van der Waals surface area contributed by atoms with E-state index in [-0.39, 0.29) is 11.6 Å². The lowest BCUT2D eigenvalue weighted by atomic mass is 10.1. The molecule has 0 amide bonds. The van der Waals surface area contributed by atoms with Gasteiger partial charge in [-0.2, -0.15) is 0 Å². The first-order valence-corrected chi connectivity index (χ1v) is 6.65. The van der Waals surface area contributed by atoms with Crippen molar-refractivity contribution in [3.8, 4) is 11.5 Å². The smallest absolute Gasteiger partial charge is 0.165 e. The molecule has 2 aromatic rings. The van der Waals surface area contributed by atoms with Gasteiger partial charge >= 0.3 is 0 Å². The Hall–Kier alpha value is -2.10. The highest BCUT2D eigenvalue weighted by Crippen LogP contribution is 2.20. The molecule has 2 rings (SSSR count). The Labute approximate surface area is 124 Å². The number of hydrogen-bond donors (Lipinski definition) is 0. The molecule has 0 heterocycles. The van der Waals surface area contributed by atoms with Crippen molar-refractivity contribution < 1.29 is 18.3 Å². The minimum atomic E-state index is -0.303. The zero-order valence-electron chi connectivity index (χ0n) is 12.7. The summed E-state index contributed by atoms with van der Waals surface area (Å²) in [6.45, 7) is 3.79. The maximum absolute atomic E-state index is 12.9. The minimum absolute atomic E-state index is 0.285. The molecule has 0 unspecified atom stereocenters. The second-order valence-corrected chi connectivity index (χ2v) is 4.41. The van der Waals surface area contributed by atoms with Crippen LogP contribution >= 0.6 is 0 Å². The molecule has 0 fully saturated rings. The molecule has 0 atom stereocenters. The molecule has 0 saturated carbocycles. The predicted molar refractivity (Wildman–Crippen MR) is 80.0 cm³/mol. The number of para-hydroxylation sites is 1. The van der Waals surface area contributed by atoms with Gasteiger partial charge in [0.2, 0.25) is 0 Å². The van der Waals surface area contributed by atoms with Crippen LogP contribution < -0.4 is 9.47 Å².